The van der Waals surface area contributed by atoms with Gasteiger partial charge in [0.1, 0.15) is 0 Å². The molecule has 0 heteroatoms. The molecule has 0 aliphatic heterocycles. The van der Waals surface area contributed by atoms with Crippen LogP contribution in [0.15, 0.2) is 30.2 Å². The van der Waals surface area contributed by atoms with Crippen LogP contribution in [0, 0.1) is 5.41 Å². The van der Waals surface area contributed by atoms with E-state index in [2.05, 4.69) is 0 Å². The second-order valence-electron chi connectivity index (χ2n) is 3.84. The van der Waals surface area contributed by atoms with Gasteiger partial charge in [0.2, 0.25) is 0 Å². The molecule has 0 saturated carbocycles. The van der Waals surface area contributed by atoms with E-state index in [9.17, 15) is 0 Å². The molecular formula is C11H16. The van der Waals surface area contributed by atoms with E-state index in [1.54, 1.807) is 0 Å². The van der Waals surface area contributed by atoms with Crippen molar-refractivity contribution < 1.29 is 6.85 Å². The highest BCUT2D eigenvalue weighted by Gasteiger charge is 2.09. The van der Waals surface area contributed by atoms with E-state index in [1.807, 2.05) is 20.8 Å². The minimum Gasteiger partial charge on any atom is -0.0622 e. The lowest BCUT2D eigenvalue weighted by Crippen LogP contribution is -2.08. The Kier molecular flexibility index (Phi) is 1.05. The van der Waals surface area contributed by atoms with Gasteiger partial charge < -0.3 is 0 Å². The molecule has 0 heterocycles. The molecule has 0 fully saturated rings. The standard InChI is InChI=1S/C11H16/c1-11(2,3)9-10-7-5-4-6-8-10/h4-8H,9H2,1-3H3/i4D,5D,6D,7D,8D. The van der Waals surface area contributed by atoms with Crippen molar-refractivity contribution in [2.24, 2.45) is 5.41 Å². The first-order chi connectivity index (χ1) is 7.15. The third-order valence-corrected chi connectivity index (χ3v) is 1.26. The van der Waals surface area contributed by atoms with Crippen molar-refractivity contribution in [2.75, 3.05) is 0 Å². The number of hydrogen-bond donors (Lipinski definition) is 0. The van der Waals surface area contributed by atoms with Gasteiger partial charge in [0.25, 0.3) is 0 Å². The highest BCUT2D eigenvalue weighted by atomic mass is 14.1. The molecule has 1 aromatic rings. The Bertz CT molecular complexity index is 388. The van der Waals surface area contributed by atoms with Gasteiger partial charge in [0, 0.05) is 0 Å². The highest BCUT2D eigenvalue weighted by molar-refractivity contribution is 5.15. The minimum absolute atomic E-state index is 0.0825. The average Bonchev–Trinajstić information content (AvgIpc) is 2.17. The van der Waals surface area contributed by atoms with Gasteiger partial charge in [-0.25, -0.2) is 0 Å². The largest absolute Gasteiger partial charge is 0.0626 e. The molecule has 0 aromatic heterocycles. The first-order valence-corrected chi connectivity index (χ1v) is 3.71. The maximum Gasteiger partial charge on any atom is 0.0626 e. The molecule has 0 aliphatic rings. The zero-order valence-electron chi connectivity index (χ0n) is 12.2. The lowest BCUT2D eigenvalue weighted by molar-refractivity contribution is 0.411. The fourth-order valence-corrected chi connectivity index (χ4v) is 0.895. The van der Waals surface area contributed by atoms with Crippen molar-refractivity contribution in [1.82, 2.24) is 0 Å². The van der Waals surface area contributed by atoms with Crippen molar-refractivity contribution >= 4 is 0 Å². The highest BCUT2D eigenvalue weighted by Crippen LogP contribution is 2.19. The smallest absolute Gasteiger partial charge is 0.0622 e. The summed E-state index contributed by atoms with van der Waals surface area (Å²) in [5, 5.41) is 0. The maximum absolute atomic E-state index is 7.74. The van der Waals surface area contributed by atoms with Crippen LogP contribution in [0.4, 0.5) is 0 Å². The lowest BCUT2D eigenvalue weighted by Gasteiger charge is -2.17. The molecule has 1 aromatic carbocycles. The van der Waals surface area contributed by atoms with Gasteiger partial charge in [-0.3, -0.25) is 0 Å². The van der Waals surface area contributed by atoms with E-state index in [0.717, 1.165) is 0 Å². The van der Waals surface area contributed by atoms with E-state index >= 15 is 0 Å². The zero-order chi connectivity index (χ0) is 12.7. The number of hydrogen-bond acceptors (Lipinski definition) is 0. The van der Waals surface area contributed by atoms with Crippen LogP contribution in [0.1, 0.15) is 33.2 Å². The Morgan fingerprint density at radius 3 is 2.18 bits per heavy atom. The van der Waals surface area contributed by atoms with Crippen molar-refractivity contribution in [3.8, 4) is 0 Å². The molecule has 0 amide bonds. The topological polar surface area (TPSA) is 0 Å². The number of benzene rings is 1. The molecular weight excluding hydrogens is 132 g/mol. The summed E-state index contributed by atoms with van der Waals surface area (Å²) in [5.74, 6) is 0. The van der Waals surface area contributed by atoms with E-state index in [-0.39, 0.29) is 35.6 Å². The van der Waals surface area contributed by atoms with Gasteiger partial charge in [-0.05, 0) is 17.4 Å². The van der Waals surface area contributed by atoms with E-state index < -0.39 is 0 Å². The third-order valence-electron chi connectivity index (χ3n) is 1.26. The lowest BCUT2D eigenvalue weighted by atomic mass is 9.88. The van der Waals surface area contributed by atoms with Gasteiger partial charge in [0.15, 0.2) is 0 Å². The van der Waals surface area contributed by atoms with E-state index in [1.165, 1.54) is 0 Å². The van der Waals surface area contributed by atoms with Crippen LogP contribution in [0.25, 0.3) is 0 Å². The van der Waals surface area contributed by atoms with E-state index in [0.29, 0.717) is 12.0 Å². The summed E-state index contributed by atoms with van der Waals surface area (Å²) in [5.41, 5.74) is 0.298. The summed E-state index contributed by atoms with van der Waals surface area (Å²) < 4.78 is 38.0. The summed E-state index contributed by atoms with van der Waals surface area (Å²) in [7, 11) is 0. The van der Waals surface area contributed by atoms with E-state index in [4.69, 9.17) is 6.85 Å². The molecule has 0 radical (unpaired) electrons. The molecule has 0 spiro atoms. The molecule has 0 aliphatic carbocycles. The quantitative estimate of drug-likeness (QED) is 0.581. The summed E-state index contributed by atoms with van der Waals surface area (Å²) >= 11 is 0. The molecule has 0 atom stereocenters. The van der Waals surface area contributed by atoms with Gasteiger partial charge >= 0.3 is 0 Å². The average molecular weight is 153 g/mol. The first kappa shape index (κ1) is 3.75. The van der Waals surface area contributed by atoms with Crippen molar-refractivity contribution in [3.05, 3.63) is 35.8 Å². The SMILES string of the molecule is [2H]c1c([2H])c([2H])c(CC(C)(C)C)c([2H])c1[2H]. The van der Waals surface area contributed by atoms with Crippen LogP contribution in [0.5, 0.6) is 0 Å². The molecule has 1 rings (SSSR count). The Morgan fingerprint density at radius 2 is 1.73 bits per heavy atom. The normalized spacial score (nSPS) is 17.9. The molecule has 0 saturated heterocycles. The van der Waals surface area contributed by atoms with Gasteiger partial charge in [-0.2, -0.15) is 0 Å². The summed E-state index contributed by atoms with van der Waals surface area (Å²) in [4.78, 5) is 0. The first-order valence-electron chi connectivity index (χ1n) is 6.21. The predicted molar refractivity (Wildman–Crippen MR) is 49.6 cm³/mol. The zero-order valence-corrected chi connectivity index (χ0v) is 7.21. The van der Waals surface area contributed by atoms with Crippen molar-refractivity contribution in [1.29, 1.82) is 0 Å². The monoisotopic (exact) mass is 153 g/mol. The fourth-order valence-electron chi connectivity index (χ4n) is 0.895. The summed E-state index contributed by atoms with van der Waals surface area (Å²) in [6.45, 7) is 5.94. The molecule has 0 N–H and O–H groups in total. The van der Waals surface area contributed by atoms with Crippen LogP contribution in [0.2, 0.25) is 0 Å². The fraction of sp³-hybridized carbons (Fsp3) is 0.455. The van der Waals surface area contributed by atoms with Crippen molar-refractivity contribution in [3.63, 3.8) is 0 Å². The molecule has 0 unspecified atom stereocenters. The van der Waals surface area contributed by atoms with Crippen LogP contribution >= 0.6 is 0 Å². The summed E-state index contributed by atoms with van der Waals surface area (Å²) in [6, 6.07) is -0.991. The van der Waals surface area contributed by atoms with Gasteiger partial charge in [-0.15, -0.1) is 0 Å². The number of rotatable bonds is 1. The predicted octanol–water partition coefficient (Wildman–Crippen LogP) is 3.28. The Labute approximate surface area is 76.3 Å². The molecule has 11 heavy (non-hydrogen) atoms. The molecule has 0 nitrogen and oxygen atoms in total. The summed E-state index contributed by atoms with van der Waals surface area (Å²) in [6.07, 6.45) is 0.475. The van der Waals surface area contributed by atoms with Gasteiger partial charge in [-0.1, -0.05) is 51.0 Å². The van der Waals surface area contributed by atoms with Crippen LogP contribution in [-0.2, 0) is 6.42 Å². The molecule has 60 valence electrons. The van der Waals surface area contributed by atoms with Crippen LogP contribution in [0.3, 0.4) is 0 Å². The second-order valence-corrected chi connectivity index (χ2v) is 3.84. The Morgan fingerprint density at radius 1 is 1.18 bits per heavy atom. The van der Waals surface area contributed by atoms with Crippen LogP contribution < -0.4 is 0 Å². The third kappa shape index (κ3) is 3.22. The van der Waals surface area contributed by atoms with Crippen molar-refractivity contribution in [2.45, 2.75) is 27.2 Å². The Balaban J connectivity index is 3.40. The van der Waals surface area contributed by atoms with Gasteiger partial charge in [0.05, 0.1) is 6.85 Å². The second kappa shape index (κ2) is 3.08. The molecule has 0 bridgehead atoms. The van der Waals surface area contributed by atoms with Crippen LogP contribution in [-0.4, -0.2) is 0 Å². The Hall–Kier alpha value is -0.780. The minimum atomic E-state index is -0.326. The maximum atomic E-state index is 7.74.